The molecule has 2 saturated carbocycles. The predicted molar refractivity (Wildman–Crippen MR) is 139 cm³/mol. The van der Waals surface area contributed by atoms with E-state index in [9.17, 15) is 22.8 Å². The molecular weight excluding hydrogens is 497 g/mol. The highest BCUT2D eigenvalue weighted by atomic mass is 19.4. The third kappa shape index (κ3) is 7.50. The summed E-state index contributed by atoms with van der Waals surface area (Å²) < 4.78 is 50.2. The van der Waals surface area contributed by atoms with Gasteiger partial charge >= 0.3 is 12.1 Å². The molecule has 2 unspecified atom stereocenters. The van der Waals surface area contributed by atoms with Crippen molar-refractivity contribution in [3.05, 3.63) is 34.9 Å². The van der Waals surface area contributed by atoms with Crippen LogP contribution < -0.4 is 5.32 Å². The summed E-state index contributed by atoms with van der Waals surface area (Å²) in [4.78, 5) is 27.8. The molecule has 38 heavy (non-hydrogen) atoms. The van der Waals surface area contributed by atoms with Gasteiger partial charge in [0.2, 0.25) is 5.91 Å². The lowest BCUT2D eigenvalue weighted by atomic mass is 9.75. The Morgan fingerprint density at radius 1 is 1.18 bits per heavy atom. The average molecular weight is 541 g/mol. The summed E-state index contributed by atoms with van der Waals surface area (Å²) >= 11 is 0. The van der Waals surface area contributed by atoms with Crippen LogP contribution in [0.4, 0.5) is 13.2 Å². The van der Waals surface area contributed by atoms with Crippen LogP contribution in [0.3, 0.4) is 0 Å². The van der Waals surface area contributed by atoms with Crippen molar-refractivity contribution in [3.8, 4) is 0 Å². The van der Waals surface area contributed by atoms with E-state index >= 15 is 0 Å². The number of methoxy groups -OCH3 is 1. The fraction of sp³-hybridized carbons (Fsp3) is 0.724. The van der Waals surface area contributed by atoms with Crippen LogP contribution in [0.15, 0.2) is 18.2 Å². The third-order valence-corrected chi connectivity index (χ3v) is 7.80. The summed E-state index contributed by atoms with van der Waals surface area (Å²) in [5.41, 5.74) is -0.120. The number of hydrogen-bond acceptors (Lipinski definition) is 5. The molecule has 3 aliphatic rings. The summed E-state index contributed by atoms with van der Waals surface area (Å²) in [6.45, 7) is 9.88. The van der Waals surface area contributed by atoms with E-state index in [0.717, 1.165) is 44.0 Å². The first-order valence-electron chi connectivity index (χ1n) is 13.8. The van der Waals surface area contributed by atoms with Gasteiger partial charge in [-0.2, -0.15) is 13.2 Å². The van der Waals surface area contributed by atoms with E-state index in [1.165, 1.54) is 19.1 Å². The second-order valence-electron chi connectivity index (χ2n) is 11.3. The number of halogens is 3. The van der Waals surface area contributed by atoms with E-state index < -0.39 is 23.3 Å². The summed E-state index contributed by atoms with van der Waals surface area (Å²) in [7, 11) is 1.68. The average Bonchev–Trinajstić information content (AvgIpc) is 3.63. The van der Waals surface area contributed by atoms with Crippen LogP contribution in [0.2, 0.25) is 0 Å². The fourth-order valence-electron chi connectivity index (χ4n) is 5.69. The quantitative estimate of drug-likeness (QED) is 0.449. The van der Waals surface area contributed by atoms with Gasteiger partial charge in [-0.3, -0.25) is 9.59 Å². The zero-order valence-electron chi connectivity index (χ0n) is 23.3. The number of alkyl halides is 3. The number of benzene rings is 1. The van der Waals surface area contributed by atoms with Crippen LogP contribution in [-0.2, 0) is 38.2 Å². The summed E-state index contributed by atoms with van der Waals surface area (Å²) in [5.74, 6) is 0.175. The Labute approximate surface area is 224 Å². The van der Waals surface area contributed by atoms with Crippen molar-refractivity contribution >= 4 is 11.9 Å². The number of hydrogen-bond donors (Lipinski definition) is 1. The highest BCUT2D eigenvalue weighted by molar-refractivity contribution is 5.85. The summed E-state index contributed by atoms with van der Waals surface area (Å²) in [6.07, 6.45) is -0.524. The molecule has 0 aromatic heterocycles. The smallest absolute Gasteiger partial charge is 0.416 e. The molecule has 9 heteroatoms. The van der Waals surface area contributed by atoms with Crippen molar-refractivity contribution in [2.45, 2.75) is 91.1 Å². The second-order valence-corrected chi connectivity index (χ2v) is 11.3. The van der Waals surface area contributed by atoms with Crippen LogP contribution in [0.1, 0.15) is 76.5 Å². The zero-order valence-corrected chi connectivity index (χ0v) is 23.3. The molecule has 0 bridgehead atoms. The number of rotatable bonds is 8. The van der Waals surface area contributed by atoms with Gasteiger partial charge in [0.15, 0.2) is 0 Å². The largest absolute Gasteiger partial charge is 0.461 e. The van der Waals surface area contributed by atoms with Crippen molar-refractivity contribution < 1.29 is 32.2 Å². The van der Waals surface area contributed by atoms with Gasteiger partial charge in [-0.15, -0.1) is 0 Å². The van der Waals surface area contributed by atoms with Gasteiger partial charge in [0.1, 0.15) is 6.10 Å². The number of carbonyl (C=O) groups is 2. The Hall–Kier alpha value is -2.13. The van der Waals surface area contributed by atoms with E-state index in [1.807, 2.05) is 6.92 Å². The predicted octanol–water partition coefficient (Wildman–Crippen LogP) is 5.37. The molecule has 2 fully saturated rings. The Balaban J connectivity index is 0.000000934. The molecule has 1 N–H and O–H groups in total. The van der Waals surface area contributed by atoms with Crippen molar-refractivity contribution in [2.24, 2.45) is 17.3 Å². The fourth-order valence-corrected chi connectivity index (χ4v) is 5.69. The number of amides is 1. The second kappa shape index (κ2) is 12.8. The number of ether oxygens (including phenoxy) is 2. The standard InChI is InChI=1S/C26H35F3N2O3.C3H8O/c1-16(2)14-30-22-8-10-25(13-22,23(19-4-5-19)34-17(3)32)24(33)31-11-9-18-6-7-21(26(27,28)29)12-20(18)15-31;1-3-4-2/h6-7,12,16,19,22-23,30H,4-5,8-11,13-15H2,1-3H3;3H2,1-2H3/t22?,23?,25-;/m0./s1. The van der Waals surface area contributed by atoms with Gasteiger partial charge in [0.25, 0.3) is 0 Å². The van der Waals surface area contributed by atoms with Crippen LogP contribution in [0.5, 0.6) is 0 Å². The highest BCUT2D eigenvalue weighted by Crippen LogP contribution is 2.52. The molecule has 2 aliphatic carbocycles. The minimum atomic E-state index is -4.42. The lowest BCUT2D eigenvalue weighted by Crippen LogP contribution is -2.53. The highest BCUT2D eigenvalue weighted by Gasteiger charge is 2.58. The molecule has 6 nitrogen and oxygen atoms in total. The molecule has 0 radical (unpaired) electrons. The lowest BCUT2D eigenvalue weighted by Gasteiger charge is -2.41. The first-order valence-corrected chi connectivity index (χ1v) is 13.8. The van der Waals surface area contributed by atoms with Crippen molar-refractivity contribution in [2.75, 3.05) is 26.8 Å². The summed E-state index contributed by atoms with van der Waals surface area (Å²) in [5, 5.41) is 3.56. The van der Waals surface area contributed by atoms with Gasteiger partial charge in [0.05, 0.1) is 11.0 Å². The minimum absolute atomic E-state index is 0.0810. The topological polar surface area (TPSA) is 67.9 Å². The Morgan fingerprint density at radius 2 is 1.87 bits per heavy atom. The van der Waals surface area contributed by atoms with Gasteiger partial charge in [-0.1, -0.05) is 19.9 Å². The maximum absolute atomic E-state index is 14.1. The van der Waals surface area contributed by atoms with Gasteiger partial charge in [-0.25, -0.2) is 0 Å². The maximum atomic E-state index is 14.1. The number of nitrogens with zero attached hydrogens (tertiary/aromatic N) is 1. The van der Waals surface area contributed by atoms with Crippen molar-refractivity contribution in [1.82, 2.24) is 10.2 Å². The number of esters is 1. The molecule has 0 saturated heterocycles. The normalized spacial score (nSPS) is 23.9. The Bertz CT molecular complexity index is 962. The molecule has 1 aliphatic heterocycles. The number of fused-ring (bicyclic) bond motifs is 1. The minimum Gasteiger partial charge on any atom is -0.461 e. The molecule has 1 amide bonds. The molecule has 1 aromatic carbocycles. The zero-order chi connectivity index (χ0) is 28.1. The van der Waals surface area contributed by atoms with E-state index in [4.69, 9.17) is 4.74 Å². The van der Waals surface area contributed by atoms with E-state index in [-0.39, 0.29) is 30.4 Å². The van der Waals surface area contributed by atoms with Crippen LogP contribution in [0.25, 0.3) is 0 Å². The SMILES string of the molecule is CC(=O)OC(C1CC1)[C@]1(C(=O)N2CCc3ccc(C(F)(F)F)cc3C2)CCC(NCC(C)C)C1.CCOC. The van der Waals surface area contributed by atoms with Gasteiger partial charge in [-0.05, 0) is 87.1 Å². The van der Waals surface area contributed by atoms with Gasteiger partial charge < -0.3 is 19.7 Å². The first-order chi connectivity index (χ1) is 17.9. The van der Waals surface area contributed by atoms with Gasteiger partial charge in [0, 0.05) is 39.8 Å². The number of nitrogens with one attached hydrogen (secondary N) is 1. The van der Waals surface area contributed by atoms with E-state index in [0.29, 0.717) is 37.3 Å². The maximum Gasteiger partial charge on any atom is 0.416 e. The van der Waals surface area contributed by atoms with Crippen molar-refractivity contribution in [1.29, 1.82) is 0 Å². The third-order valence-electron chi connectivity index (χ3n) is 7.80. The Morgan fingerprint density at radius 3 is 2.42 bits per heavy atom. The lowest BCUT2D eigenvalue weighted by molar-refractivity contribution is -0.166. The summed E-state index contributed by atoms with van der Waals surface area (Å²) in [6, 6.07) is 3.97. The molecule has 3 atom stereocenters. The van der Waals surface area contributed by atoms with Crippen LogP contribution in [0, 0.1) is 17.3 Å². The molecule has 214 valence electrons. The first kappa shape index (κ1) is 30.4. The molecule has 4 rings (SSSR count). The molecule has 1 aromatic rings. The number of carbonyl (C=O) groups excluding carboxylic acids is 2. The van der Waals surface area contributed by atoms with E-state index in [1.54, 1.807) is 12.0 Å². The Kier molecular flexibility index (Phi) is 10.3. The van der Waals surface area contributed by atoms with Crippen LogP contribution in [-0.4, -0.2) is 55.7 Å². The van der Waals surface area contributed by atoms with E-state index in [2.05, 4.69) is 23.9 Å². The molecule has 1 heterocycles. The van der Waals surface area contributed by atoms with Crippen LogP contribution >= 0.6 is 0 Å². The monoisotopic (exact) mass is 540 g/mol. The molecule has 0 spiro atoms. The molecular formula is C29H43F3N2O4. The van der Waals surface area contributed by atoms with Crippen molar-refractivity contribution in [3.63, 3.8) is 0 Å².